The number of hydrogen-bond donors (Lipinski definition) is 2. The molecule has 1 aliphatic heterocycles. The van der Waals surface area contributed by atoms with Crippen molar-refractivity contribution in [2.75, 3.05) is 19.8 Å². The first kappa shape index (κ1) is 16.3. The van der Waals surface area contributed by atoms with Crippen LogP contribution in [-0.2, 0) is 4.74 Å². The lowest BCUT2D eigenvalue weighted by Gasteiger charge is -2.33. The maximum absolute atomic E-state index is 10.4. The van der Waals surface area contributed by atoms with E-state index in [4.69, 9.17) is 39.5 Å². The molecule has 1 unspecified atom stereocenters. The second-order valence-electron chi connectivity index (χ2n) is 5.20. The van der Waals surface area contributed by atoms with E-state index in [9.17, 15) is 5.11 Å². The van der Waals surface area contributed by atoms with Crippen molar-refractivity contribution in [2.24, 2.45) is 0 Å². The zero-order chi connectivity index (χ0) is 14.8. The van der Waals surface area contributed by atoms with Crippen molar-refractivity contribution in [2.45, 2.75) is 31.4 Å². The molecule has 2 rings (SSSR count). The van der Waals surface area contributed by atoms with E-state index >= 15 is 0 Å². The first-order chi connectivity index (χ1) is 9.43. The molecule has 0 radical (unpaired) electrons. The predicted molar refractivity (Wildman–Crippen MR) is 82.9 cm³/mol. The molecule has 1 aromatic carbocycles. The van der Waals surface area contributed by atoms with Crippen LogP contribution in [0.3, 0.4) is 0 Å². The predicted octanol–water partition coefficient (Wildman–Crippen LogP) is 3.84. The lowest BCUT2D eigenvalue weighted by Crippen LogP contribution is -2.45. The SMILES string of the molecule is CC(NCC1(O)CCOCC1)c1ccc(Cl)c(Cl)c1Cl. The zero-order valence-electron chi connectivity index (χ0n) is 11.3. The van der Waals surface area contributed by atoms with Gasteiger partial charge in [0.1, 0.15) is 0 Å². The van der Waals surface area contributed by atoms with E-state index in [1.54, 1.807) is 6.07 Å². The third kappa shape index (κ3) is 3.79. The Kier molecular flexibility index (Phi) is 5.57. The molecular weight excluding hydrogens is 321 g/mol. The van der Waals surface area contributed by atoms with Gasteiger partial charge in [0.15, 0.2) is 0 Å². The molecule has 1 aliphatic rings. The van der Waals surface area contributed by atoms with Crippen molar-refractivity contribution in [1.29, 1.82) is 0 Å². The molecule has 1 heterocycles. The fraction of sp³-hybridized carbons (Fsp3) is 0.571. The monoisotopic (exact) mass is 337 g/mol. The van der Waals surface area contributed by atoms with Crippen LogP contribution >= 0.6 is 34.8 Å². The third-order valence-electron chi connectivity index (χ3n) is 3.69. The summed E-state index contributed by atoms with van der Waals surface area (Å²) in [5.41, 5.74) is 0.159. The van der Waals surface area contributed by atoms with Gasteiger partial charge in [0.25, 0.3) is 0 Å². The van der Waals surface area contributed by atoms with E-state index in [1.807, 2.05) is 13.0 Å². The molecule has 0 aliphatic carbocycles. The lowest BCUT2D eigenvalue weighted by molar-refractivity contribution is -0.0626. The first-order valence-electron chi connectivity index (χ1n) is 6.60. The highest BCUT2D eigenvalue weighted by Gasteiger charge is 2.30. The Morgan fingerprint density at radius 3 is 2.55 bits per heavy atom. The highest BCUT2D eigenvalue weighted by Crippen LogP contribution is 2.35. The van der Waals surface area contributed by atoms with Gasteiger partial charge in [0.2, 0.25) is 0 Å². The van der Waals surface area contributed by atoms with Gasteiger partial charge in [-0.3, -0.25) is 0 Å². The minimum Gasteiger partial charge on any atom is -0.388 e. The molecule has 0 saturated carbocycles. The molecule has 1 aromatic rings. The van der Waals surface area contributed by atoms with Gasteiger partial charge in [0.05, 0.1) is 20.7 Å². The summed E-state index contributed by atoms with van der Waals surface area (Å²) in [6.07, 6.45) is 1.28. The number of ether oxygens (including phenoxy) is 1. The summed E-state index contributed by atoms with van der Waals surface area (Å²) in [5, 5.41) is 15.0. The quantitative estimate of drug-likeness (QED) is 0.820. The van der Waals surface area contributed by atoms with Crippen molar-refractivity contribution >= 4 is 34.8 Å². The second-order valence-corrected chi connectivity index (χ2v) is 6.37. The second kappa shape index (κ2) is 6.82. The Morgan fingerprint density at radius 1 is 1.25 bits per heavy atom. The third-order valence-corrected chi connectivity index (χ3v) is 5.00. The van der Waals surface area contributed by atoms with Crippen LogP contribution in [0.25, 0.3) is 0 Å². The van der Waals surface area contributed by atoms with Gasteiger partial charge < -0.3 is 15.2 Å². The van der Waals surface area contributed by atoms with Crippen molar-refractivity contribution in [3.05, 3.63) is 32.8 Å². The summed E-state index contributed by atoms with van der Waals surface area (Å²) in [6, 6.07) is 3.55. The molecule has 1 atom stereocenters. The largest absolute Gasteiger partial charge is 0.388 e. The number of halogens is 3. The number of rotatable bonds is 4. The van der Waals surface area contributed by atoms with Crippen molar-refractivity contribution < 1.29 is 9.84 Å². The Hall–Kier alpha value is -0.0300. The van der Waals surface area contributed by atoms with Crippen molar-refractivity contribution in [1.82, 2.24) is 5.32 Å². The van der Waals surface area contributed by atoms with E-state index in [0.717, 1.165) is 5.56 Å². The molecule has 0 bridgehead atoms. The van der Waals surface area contributed by atoms with Gasteiger partial charge in [-0.25, -0.2) is 0 Å². The molecule has 0 amide bonds. The molecular formula is C14H18Cl3NO2. The average Bonchev–Trinajstić information content (AvgIpc) is 2.43. The van der Waals surface area contributed by atoms with E-state index in [1.165, 1.54) is 0 Å². The van der Waals surface area contributed by atoms with Crippen molar-refractivity contribution in [3.63, 3.8) is 0 Å². The first-order valence-corrected chi connectivity index (χ1v) is 7.73. The maximum atomic E-state index is 10.4. The molecule has 0 spiro atoms. The summed E-state index contributed by atoms with van der Waals surface area (Å²) in [4.78, 5) is 0. The summed E-state index contributed by atoms with van der Waals surface area (Å²) < 4.78 is 5.26. The Labute approximate surface area is 134 Å². The molecule has 1 fully saturated rings. The topological polar surface area (TPSA) is 41.5 Å². The number of aliphatic hydroxyl groups is 1. The minimum atomic E-state index is -0.713. The Bertz CT molecular complexity index is 476. The number of nitrogens with one attached hydrogen (secondary N) is 1. The molecule has 20 heavy (non-hydrogen) atoms. The van der Waals surface area contributed by atoms with Crippen LogP contribution in [0.1, 0.15) is 31.4 Å². The van der Waals surface area contributed by atoms with Gasteiger partial charge in [-0.15, -0.1) is 0 Å². The van der Waals surface area contributed by atoms with Gasteiger partial charge in [-0.05, 0) is 18.6 Å². The highest BCUT2D eigenvalue weighted by atomic mass is 35.5. The fourth-order valence-electron chi connectivity index (χ4n) is 2.26. The van der Waals surface area contributed by atoms with E-state index in [0.29, 0.717) is 47.7 Å². The van der Waals surface area contributed by atoms with Crippen LogP contribution in [0.15, 0.2) is 12.1 Å². The van der Waals surface area contributed by atoms with E-state index in [2.05, 4.69) is 5.32 Å². The van der Waals surface area contributed by atoms with Gasteiger partial charge in [0, 0.05) is 38.6 Å². The molecule has 0 aromatic heterocycles. The van der Waals surface area contributed by atoms with Gasteiger partial charge in [-0.1, -0.05) is 40.9 Å². The highest BCUT2D eigenvalue weighted by molar-refractivity contribution is 6.48. The van der Waals surface area contributed by atoms with Crippen LogP contribution in [0, 0.1) is 0 Å². The lowest BCUT2D eigenvalue weighted by atomic mass is 9.94. The Balaban J connectivity index is 2.01. The molecule has 112 valence electrons. The maximum Gasteiger partial charge on any atom is 0.0815 e. The van der Waals surface area contributed by atoms with Crippen LogP contribution in [-0.4, -0.2) is 30.5 Å². The Morgan fingerprint density at radius 2 is 1.90 bits per heavy atom. The summed E-state index contributed by atoms with van der Waals surface area (Å²) >= 11 is 18.2. The van der Waals surface area contributed by atoms with E-state index < -0.39 is 5.60 Å². The standard InChI is InChI=1S/C14H18Cl3NO2/c1-9(10-2-3-11(15)13(17)12(10)16)18-8-14(19)4-6-20-7-5-14/h2-3,9,18-19H,4-8H2,1H3. The van der Waals surface area contributed by atoms with E-state index in [-0.39, 0.29) is 6.04 Å². The van der Waals surface area contributed by atoms with Gasteiger partial charge in [-0.2, -0.15) is 0 Å². The minimum absolute atomic E-state index is 0.0239. The average molecular weight is 339 g/mol. The number of hydrogen-bond acceptors (Lipinski definition) is 3. The molecule has 6 heteroatoms. The van der Waals surface area contributed by atoms with Crippen LogP contribution in [0.5, 0.6) is 0 Å². The van der Waals surface area contributed by atoms with Crippen molar-refractivity contribution in [3.8, 4) is 0 Å². The normalized spacial score (nSPS) is 19.9. The molecule has 3 nitrogen and oxygen atoms in total. The zero-order valence-corrected chi connectivity index (χ0v) is 13.5. The van der Waals surface area contributed by atoms with Crippen LogP contribution < -0.4 is 5.32 Å². The summed E-state index contributed by atoms with van der Waals surface area (Å²) in [6.45, 7) is 3.67. The van der Waals surface area contributed by atoms with Gasteiger partial charge >= 0.3 is 0 Å². The smallest absolute Gasteiger partial charge is 0.0815 e. The summed E-state index contributed by atoms with van der Waals surface area (Å²) in [5.74, 6) is 0. The molecule has 1 saturated heterocycles. The fourth-order valence-corrected chi connectivity index (χ4v) is 2.96. The number of benzene rings is 1. The molecule has 2 N–H and O–H groups in total. The van der Waals surface area contributed by atoms with Crippen LogP contribution in [0.4, 0.5) is 0 Å². The van der Waals surface area contributed by atoms with Crippen LogP contribution in [0.2, 0.25) is 15.1 Å². The summed E-state index contributed by atoms with van der Waals surface area (Å²) in [7, 11) is 0.